The van der Waals surface area contributed by atoms with Crippen LogP contribution in [0.2, 0.25) is 0 Å². The number of alkyl halides is 1. The molecule has 1 saturated heterocycles. The van der Waals surface area contributed by atoms with Crippen molar-refractivity contribution in [1.29, 1.82) is 0 Å². The standard InChI is InChI=1S/C19H30FN5/c1-24(2)17-6-9-25(10-7-17)23-19-12-14(5-8-22-19)11-15-3-4-16(21)13-18(15)20/h3-5,8,12,17-19,22-23H,6-7,9-11,13,21H2,1-2H3. The summed E-state index contributed by atoms with van der Waals surface area (Å²) in [5, 5.41) is 5.60. The topological polar surface area (TPSA) is 56.6 Å². The van der Waals surface area contributed by atoms with Crippen LogP contribution in [0.15, 0.2) is 47.3 Å². The van der Waals surface area contributed by atoms with Gasteiger partial charge in [0.1, 0.15) is 12.3 Å². The quantitative estimate of drug-likeness (QED) is 0.708. The number of allylic oxidation sites excluding steroid dienone is 6. The number of piperidine rings is 1. The molecule has 3 rings (SSSR count). The molecule has 5 nitrogen and oxygen atoms in total. The lowest BCUT2D eigenvalue weighted by Crippen LogP contribution is -2.54. The van der Waals surface area contributed by atoms with Gasteiger partial charge in [-0.3, -0.25) is 0 Å². The van der Waals surface area contributed by atoms with Crippen molar-refractivity contribution in [3.63, 3.8) is 0 Å². The van der Waals surface area contributed by atoms with E-state index in [1.54, 1.807) is 0 Å². The molecule has 2 unspecified atom stereocenters. The number of nitrogens with zero attached hydrogens (tertiary/aromatic N) is 2. The van der Waals surface area contributed by atoms with Crippen molar-refractivity contribution >= 4 is 0 Å². The van der Waals surface area contributed by atoms with E-state index in [0.29, 0.717) is 24.6 Å². The van der Waals surface area contributed by atoms with E-state index in [-0.39, 0.29) is 6.17 Å². The molecule has 0 amide bonds. The molecule has 0 saturated carbocycles. The number of hydrazine groups is 1. The SMILES string of the molecule is CN(C)C1CCN(NC2C=C(CC3=CC=C(N)CC3F)C=CN2)CC1. The summed E-state index contributed by atoms with van der Waals surface area (Å²) in [4.78, 5) is 2.31. The highest BCUT2D eigenvalue weighted by Crippen LogP contribution is 2.26. The maximum absolute atomic E-state index is 14.1. The Labute approximate surface area is 150 Å². The average molecular weight is 347 g/mol. The molecule has 0 aromatic carbocycles. The first-order valence-electron chi connectivity index (χ1n) is 9.11. The number of hydrogen-bond acceptors (Lipinski definition) is 5. The summed E-state index contributed by atoms with van der Waals surface area (Å²) in [5.74, 6) is 0. The minimum Gasteiger partial charge on any atom is -0.402 e. The zero-order valence-corrected chi connectivity index (χ0v) is 15.2. The van der Waals surface area contributed by atoms with Crippen molar-refractivity contribution in [2.45, 2.75) is 44.1 Å². The molecule has 1 fully saturated rings. The number of dihydropyridines is 1. The van der Waals surface area contributed by atoms with Gasteiger partial charge in [-0.25, -0.2) is 14.8 Å². The Kier molecular flexibility index (Phi) is 5.93. The molecule has 4 N–H and O–H groups in total. The molecular formula is C19H30FN5. The van der Waals surface area contributed by atoms with Crippen molar-refractivity contribution in [3.05, 3.63) is 47.3 Å². The second-order valence-corrected chi connectivity index (χ2v) is 7.36. The van der Waals surface area contributed by atoms with Gasteiger partial charge in [-0.2, -0.15) is 0 Å². The smallest absolute Gasteiger partial charge is 0.127 e. The number of nitrogens with one attached hydrogen (secondary N) is 2. The molecule has 2 heterocycles. The van der Waals surface area contributed by atoms with Crippen LogP contribution in [0.4, 0.5) is 4.39 Å². The fourth-order valence-corrected chi connectivity index (χ4v) is 3.61. The molecule has 0 radical (unpaired) electrons. The fourth-order valence-electron chi connectivity index (χ4n) is 3.61. The molecule has 3 aliphatic rings. The van der Waals surface area contributed by atoms with E-state index in [4.69, 9.17) is 5.73 Å². The Hall–Kier alpha value is -1.63. The molecule has 0 aromatic heterocycles. The summed E-state index contributed by atoms with van der Waals surface area (Å²) >= 11 is 0. The third-order valence-corrected chi connectivity index (χ3v) is 5.21. The van der Waals surface area contributed by atoms with E-state index in [0.717, 1.165) is 24.2 Å². The van der Waals surface area contributed by atoms with Crippen LogP contribution in [0, 0.1) is 0 Å². The normalized spacial score (nSPS) is 28.4. The van der Waals surface area contributed by atoms with Gasteiger partial charge in [-0.1, -0.05) is 6.08 Å². The molecule has 0 bridgehead atoms. The van der Waals surface area contributed by atoms with Gasteiger partial charge < -0.3 is 16.0 Å². The highest BCUT2D eigenvalue weighted by Gasteiger charge is 2.23. The van der Waals surface area contributed by atoms with Gasteiger partial charge >= 0.3 is 0 Å². The van der Waals surface area contributed by atoms with E-state index in [9.17, 15) is 4.39 Å². The summed E-state index contributed by atoms with van der Waals surface area (Å²) in [5.41, 5.74) is 11.8. The Bertz CT molecular complexity index is 585. The van der Waals surface area contributed by atoms with E-state index in [2.05, 4.69) is 40.8 Å². The maximum atomic E-state index is 14.1. The van der Waals surface area contributed by atoms with Gasteiger partial charge in [0, 0.05) is 31.2 Å². The zero-order valence-electron chi connectivity index (χ0n) is 15.2. The van der Waals surface area contributed by atoms with Crippen LogP contribution >= 0.6 is 0 Å². The molecule has 2 atom stereocenters. The van der Waals surface area contributed by atoms with Crippen molar-refractivity contribution < 1.29 is 4.39 Å². The van der Waals surface area contributed by atoms with Crippen molar-refractivity contribution in [1.82, 2.24) is 20.7 Å². The monoisotopic (exact) mass is 347 g/mol. The van der Waals surface area contributed by atoms with Crippen molar-refractivity contribution in [2.75, 3.05) is 27.2 Å². The summed E-state index contributed by atoms with van der Waals surface area (Å²) in [6.07, 6.45) is 12.1. The van der Waals surface area contributed by atoms with E-state index in [1.807, 2.05) is 24.4 Å². The lowest BCUT2D eigenvalue weighted by molar-refractivity contribution is 0.0891. The average Bonchev–Trinajstić information content (AvgIpc) is 2.58. The third kappa shape index (κ3) is 4.93. The Morgan fingerprint density at radius 3 is 2.76 bits per heavy atom. The Morgan fingerprint density at radius 2 is 2.08 bits per heavy atom. The van der Waals surface area contributed by atoms with Crippen LogP contribution in [-0.2, 0) is 0 Å². The molecule has 1 aliphatic carbocycles. The van der Waals surface area contributed by atoms with Crippen molar-refractivity contribution in [3.8, 4) is 0 Å². The molecule has 6 heteroatoms. The Morgan fingerprint density at radius 1 is 1.32 bits per heavy atom. The number of hydrogen-bond donors (Lipinski definition) is 3. The number of halogens is 1. The van der Waals surface area contributed by atoms with Crippen LogP contribution in [0.25, 0.3) is 0 Å². The van der Waals surface area contributed by atoms with Gasteiger partial charge in [-0.15, -0.1) is 0 Å². The van der Waals surface area contributed by atoms with Gasteiger partial charge in [0.15, 0.2) is 0 Å². The first kappa shape index (κ1) is 18.2. The second-order valence-electron chi connectivity index (χ2n) is 7.36. The maximum Gasteiger partial charge on any atom is 0.127 e. The Balaban J connectivity index is 1.53. The number of rotatable bonds is 5. The molecule has 0 aromatic rings. The summed E-state index contributed by atoms with van der Waals surface area (Å²) in [7, 11) is 4.30. The summed E-state index contributed by atoms with van der Waals surface area (Å²) in [6, 6.07) is 0.670. The first-order valence-corrected chi connectivity index (χ1v) is 9.11. The van der Waals surface area contributed by atoms with Gasteiger partial charge in [0.05, 0.1) is 0 Å². The van der Waals surface area contributed by atoms with Gasteiger partial charge in [0.2, 0.25) is 0 Å². The lowest BCUT2D eigenvalue weighted by atomic mass is 9.93. The van der Waals surface area contributed by atoms with Crippen LogP contribution in [0.5, 0.6) is 0 Å². The van der Waals surface area contributed by atoms with Gasteiger partial charge in [0.25, 0.3) is 0 Å². The van der Waals surface area contributed by atoms with Crippen LogP contribution in [-0.4, -0.2) is 55.5 Å². The van der Waals surface area contributed by atoms with Crippen LogP contribution in [0.3, 0.4) is 0 Å². The molecule has 0 spiro atoms. The van der Waals surface area contributed by atoms with E-state index >= 15 is 0 Å². The van der Waals surface area contributed by atoms with Crippen molar-refractivity contribution in [2.24, 2.45) is 5.73 Å². The predicted octanol–water partition coefficient (Wildman–Crippen LogP) is 1.79. The minimum atomic E-state index is -0.967. The highest BCUT2D eigenvalue weighted by atomic mass is 19.1. The molecule has 138 valence electrons. The largest absolute Gasteiger partial charge is 0.402 e. The van der Waals surface area contributed by atoms with E-state index < -0.39 is 6.17 Å². The van der Waals surface area contributed by atoms with Crippen LogP contribution < -0.4 is 16.5 Å². The van der Waals surface area contributed by atoms with Crippen LogP contribution in [0.1, 0.15) is 25.7 Å². The second kappa shape index (κ2) is 8.17. The molecular weight excluding hydrogens is 317 g/mol. The number of nitrogens with two attached hydrogens (primary N) is 1. The lowest BCUT2D eigenvalue weighted by Gasteiger charge is -2.37. The predicted molar refractivity (Wildman–Crippen MR) is 100 cm³/mol. The summed E-state index contributed by atoms with van der Waals surface area (Å²) in [6.45, 7) is 2.07. The summed E-state index contributed by atoms with van der Waals surface area (Å²) < 4.78 is 14.1. The van der Waals surface area contributed by atoms with Gasteiger partial charge in [-0.05, 0) is 68.9 Å². The van der Waals surface area contributed by atoms with E-state index in [1.165, 1.54) is 12.8 Å². The highest BCUT2D eigenvalue weighted by molar-refractivity contribution is 5.35. The minimum absolute atomic E-state index is 0.0544. The molecule has 2 aliphatic heterocycles. The fraction of sp³-hybridized carbons (Fsp3) is 0.579. The first-order chi connectivity index (χ1) is 12.0. The molecule has 25 heavy (non-hydrogen) atoms. The third-order valence-electron chi connectivity index (χ3n) is 5.21. The zero-order chi connectivity index (χ0) is 17.8.